The SMILES string of the molecule is O=C([O-])c1nc(C(F)(F)F)no1.[Li+]. The van der Waals surface area contributed by atoms with Gasteiger partial charge in [-0.15, -0.1) is 0 Å². The zero-order valence-electron chi connectivity index (χ0n) is 6.25. The number of carboxylic acids is 1. The van der Waals surface area contributed by atoms with Gasteiger partial charge in [-0.05, 0) is 0 Å². The number of alkyl halides is 3. The van der Waals surface area contributed by atoms with Crippen LogP contribution in [0.4, 0.5) is 13.2 Å². The summed E-state index contributed by atoms with van der Waals surface area (Å²) < 4.78 is 38.7. The summed E-state index contributed by atoms with van der Waals surface area (Å²) in [7, 11) is 0. The minimum atomic E-state index is -4.81. The number of aromatic nitrogens is 2. The van der Waals surface area contributed by atoms with Gasteiger partial charge in [-0.1, -0.05) is 5.16 Å². The molecule has 0 amide bonds. The Morgan fingerprint density at radius 2 is 2.00 bits per heavy atom. The largest absolute Gasteiger partial charge is 1.00 e. The van der Waals surface area contributed by atoms with Crippen LogP contribution in [0.25, 0.3) is 0 Å². The van der Waals surface area contributed by atoms with Crippen molar-refractivity contribution in [2.24, 2.45) is 0 Å². The number of carbonyl (C=O) groups excluding carboxylic acids is 1. The summed E-state index contributed by atoms with van der Waals surface area (Å²) in [5, 5.41) is 12.2. The van der Waals surface area contributed by atoms with Crippen LogP contribution in [0.1, 0.15) is 16.5 Å². The third-order valence-corrected chi connectivity index (χ3v) is 0.854. The van der Waals surface area contributed by atoms with E-state index in [9.17, 15) is 23.1 Å². The van der Waals surface area contributed by atoms with Crippen molar-refractivity contribution < 1.29 is 46.5 Å². The van der Waals surface area contributed by atoms with Crippen LogP contribution in [-0.4, -0.2) is 16.1 Å². The Balaban J connectivity index is 0.00000144. The summed E-state index contributed by atoms with van der Waals surface area (Å²) in [5.41, 5.74) is 0. The Hall–Kier alpha value is -1.00. The van der Waals surface area contributed by atoms with E-state index >= 15 is 0 Å². The number of rotatable bonds is 1. The van der Waals surface area contributed by atoms with Gasteiger partial charge in [0, 0.05) is 0 Å². The van der Waals surface area contributed by atoms with E-state index in [1.165, 1.54) is 0 Å². The van der Waals surface area contributed by atoms with Crippen molar-refractivity contribution in [3.8, 4) is 0 Å². The summed E-state index contributed by atoms with van der Waals surface area (Å²) in [6.07, 6.45) is -4.81. The number of halogens is 3. The fourth-order valence-electron chi connectivity index (χ4n) is 0.422. The van der Waals surface area contributed by atoms with Gasteiger partial charge in [-0.3, -0.25) is 0 Å². The fourth-order valence-corrected chi connectivity index (χ4v) is 0.422. The van der Waals surface area contributed by atoms with Crippen LogP contribution in [-0.2, 0) is 6.18 Å². The maximum Gasteiger partial charge on any atom is 1.00 e. The Morgan fingerprint density at radius 3 is 2.23 bits per heavy atom. The fraction of sp³-hybridized carbons (Fsp3) is 0.250. The topological polar surface area (TPSA) is 79.0 Å². The molecule has 0 fully saturated rings. The van der Waals surface area contributed by atoms with E-state index in [-0.39, 0.29) is 18.9 Å². The van der Waals surface area contributed by atoms with Crippen LogP contribution < -0.4 is 24.0 Å². The molecule has 66 valence electrons. The van der Waals surface area contributed by atoms with Gasteiger partial charge < -0.3 is 14.4 Å². The number of carbonyl (C=O) groups is 1. The molecule has 0 spiro atoms. The normalized spacial score (nSPS) is 10.7. The van der Waals surface area contributed by atoms with E-state index in [1.54, 1.807) is 0 Å². The molecule has 0 N–H and O–H groups in total. The van der Waals surface area contributed by atoms with Gasteiger partial charge in [0.2, 0.25) is 0 Å². The number of hydrogen-bond donors (Lipinski definition) is 0. The minimum absolute atomic E-state index is 0. The van der Waals surface area contributed by atoms with Gasteiger partial charge in [-0.2, -0.15) is 18.2 Å². The number of hydrogen-bond acceptors (Lipinski definition) is 5. The summed E-state index contributed by atoms with van der Waals surface area (Å²) in [6, 6.07) is 0. The van der Waals surface area contributed by atoms with Crippen LogP contribution in [0.2, 0.25) is 0 Å². The molecule has 0 atom stereocenters. The van der Waals surface area contributed by atoms with Crippen molar-refractivity contribution in [3.05, 3.63) is 11.7 Å². The van der Waals surface area contributed by atoms with E-state index in [0.29, 0.717) is 0 Å². The Labute approximate surface area is 81.1 Å². The van der Waals surface area contributed by atoms with Crippen molar-refractivity contribution in [2.75, 3.05) is 0 Å². The zero-order chi connectivity index (χ0) is 9.35. The summed E-state index contributed by atoms with van der Waals surface area (Å²) in [4.78, 5) is 12.4. The molecule has 0 aromatic carbocycles. The molecule has 1 aromatic heterocycles. The first-order chi connectivity index (χ1) is 5.41. The first kappa shape index (κ1) is 12.0. The van der Waals surface area contributed by atoms with Crippen LogP contribution in [0.3, 0.4) is 0 Å². The molecular weight excluding hydrogens is 188 g/mol. The smallest absolute Gasteiger partial charge is 0.540 e. The molecule has 5 nitrogen and oxygen atoms in total. The second kappa shape index (κ2) is 3.80. The van der Waals surface area contributed by atoms with Crippen molar-refractivity contribution in [1.82, 2.24) is 10.1 Å². The zero-order valence-corrected chi connectivity index (χ0v) is 6.25. The third-order valence-electron chi connectivity index (χ3n) is 0.854. The molecule has 0 saturated heterocycles. The predicted octanol–water partition coefficient (Wildman–Crippen LogP) is -3.54. The summed E-state index contributed by atoms with van der Waals surface area (Å²) in [5.74, 6) is -4.78. The van der Waals surface area contributed by atoms with Gasteiger partial charge in [0.15, 0.2) is 0 Å². The Kier molecular flexibility index (Phi) is 3.51. The molecule has 0 unspecified atom stereocenters. The molecule has 0 aliphatic carbocycles. The molecule has 1 heterocycles. The third kappa shape index (κ3) is 2.75. The van der Waals surface area contributed by atoms with E-state index < -0.39 is 23.9 Å². The van der Waals surface area contributed by atoms with Gasteiger partial charge in [0.05, 0.1) is 0 Å². The number of carboxylic acid groups (broad SMARTS) is 1. The first-order valence-electron chi connectivity index (χ1n) is 2.53. The molecule has 0 saturated carbocycles. The molecule has 0 aliphatic rings. The van der Waals surface area contributed by atoms with E-state index in [2.05, 4.69) is 14.7 Å². The van der Waals surface area contributed by atoms with Crippen LogP contribution in [0.15, 0.2) is 4.52 Å². The van der Waals surface area contributed by atoms with Gasteiger partial charge in [0.1, 0.15) is 5.97 Å². The van der Waals surface area contributed by atoms with Gasteiger partial charge >= 0.3 is 25.0 Å². The average Bonchev–Trinajstić information content (AvgIpc) is 2.30. The minimum Gasteiger partial charge on any atom is -0.540 e. The maximum atomic E-state index is 11.7. The quantitative estimate of drug-likeness (QED) is 0.426. The number of nitrogens with zero attached hydrogens (tertiary/aromatic N) is 2. The van der Waals surface area contributed by atoms with Crippen LogP contribution in [0.5, 0.6) is 0 Å². The van der Waals surface area contributed by atoms with Crippen molar-refractivity contribution in [1.29, 1.82) is 0 Å². The molecule has 0 radical (unpaired) electrons. The van der Waals surface area contributed by atoms with E-state index in [4.69, 9.17) is 0 Å². The van der Waals surface area contributed by atoms with Crippen LogP contribution >= 0.6 is 0 Å². The maximum absolute atomic E-state index is 11.7. The standard InChI is InChI=1S/C4HF3N2O3.Li/c5-4(6,7)3-8-1(2(10)11)12-9-3;/h(H,10,11);/q;+1/p-1. The average molecular weight is 188 g/mol. The van der Waals surface area contributed by atoms with E-state index in [1.807, 2.05) is 0 Å². The number of aromatic carboxylic acids is 1. The molecule has 0 bridgehead atoms. The molecule has 9 heteroatoms. The second-order valence-corrected chi connectivity index (χ2v) is 1.71. The van der Waals surface area contributed by atoms with Crippen LogP contribution in [0, 0.1) is 0 Å². The van der Waals surface area contributed by atoms with Crippen molar-refractivity contribution in [3.63, 3.8) is 0 Å². The molecule has 0 aliphatic heterocycles. The molecular formula is C4F3LiN2O3. The monoisotopic (exact) mass is 188 g/mol. The molecule has 1 aromatic rings. The summed E-state index contributed by atoms with van der Waals surface area (Å²) in [6.45, 7) is 0. The van der Waals surface area contributed by atoms with Gasteiger partial charge in [-0.25, -0.2) is 0 Å². The van der Waals surface area contributed by atoms with Gasteiger partial charge in [0.25, 0.3) is 11.7 Å². The Bertz CT molecular complexity index is 310. The molecule has 13 heavy (non-hydrogen) atoms. The summed E-state index contributed by atoms with van der Waals surface area (Å²) >= 11 is 0. The van der Waals surface area contributed by atoms with Crippen molar-refractivity contribution >= 4 is 5.97 Å². The first-order valence-corrected chi connectivity index (χ1v) is 2.53. The van der Waals surface area contributed by atoms with Crippen molar-refractivity contribution in [2.45, 2.75) is 6.18 Å². The predicted molar refractivity (Wildman–Crippen MR) is 23.6 cm³/mol. The second-order valence-electron chi connectivity index (χ2n) is 1.71. The van der Waals surface area contributed by atoms with E-state index in [0.717, 1.165) is 0 Å². The Morgan fingerprint density at radius 1 is 1.46 bits per heavy atom. The molecule has 1 rings (SSSR count).